The van der Waals surface area contributed by atoms with Crippen LogP contribution in [0.3, 0.4) is 0 Å². The summed E-state index contributed by atoms with van der Waals surface area (Å²) in [5.41, 5.74) is 0. The van der Waals surface area contributed by atoms with E-state index >= 15 is 0 Å². The molecule has 2 fully saturated rings. The highest BCUT2D eigenvalue weighted by molar-refractivity contribution is 5.76. The molecule has 0 bridgehead atoms. The zero-order chi connectivity index (χ0) is 15.1. The summed E-state index contributed by atoms with van der Waals surface area (Å²) in [6, 6.07) is 1.16. The molecule has 2 aliphatic carbocycles. The Morgan fingerprint density at radius 3 is 2.19 bits per heavy atom. The van der Waals surface area contributed by atoms with E-state index in [1.807, 2.05) is 7.05 Å². The van der Waals surface area contributed by atoms with E-state index in [0.717, 1.165) is 13.0 Å². The first-order chi connectivity index (χ1) is 10.2. The molecule has 1 amide bonds. The summed E-state index contributed by atoms with van der Waals surface area (Å²) in [5, 5.41) is 3.54. The molecule has 3 nitrogen and oxygen atoms in total. The van der Waals surface area contributed by atoms with E-state index in [9.17, 15) is 4.79 Å². The van der Waals surface area contributed by atoms with Gasteiger partial charge in [0.05, 0.1) is 0 Å². The van der Waals surface area contributed by atoms with E-state index in [4.69, 9.17) is 0 Å². The molecule has 0 aliphatic heterocycles. The van der Waals surface area contributed by atoms with Gasteiger partial charge in [0.15, 0.2) is 0 Å². The monoisotopic (exact) mass is 294 g/mol. The van der Waals surface area contributed by atoms with Gasteiger partial charge in [0.25, 0.3) is 0 Å². The van der Waals surface area contributed by atoms with Crippen molar-refractivity contribution < 1.29 is 4.79 Å². The van der Waals surface area contributed by atoms with Gasteiger partial charge in [0, 0.05) is 25.6 Å². The fourth-order valence-corrected chi connectivity index (χ4v) is 4.12. The number of rotatable bonds is 5. The molecule has 2 rings (SSSR count). The van der Waals surface area contributed by atoms with Gasteiger partial charge in [-0.3, -0.25) is 4.79 Å². The van der Waals surface area contributed by atoms with Gasteiger partial charge in [-0.25, -0.2) is 0 Å². The third-order valence-corrected chi connectivity index (χ3v) is 5.57. The molecule has 0 aromatic heterocycles. The average Bonchev–Trinajstić information content (AvgIpc) is 2.76. The zero-order valence-corrected chi connectivity index (χ0v) is 14.1. The van der Waals surface area contributed by atoms with E-state index in [2.05, 4.69) is 17.1 Å². The zero-order valence-electron chi connectivity index (χ0n) is 14.1. The minimum atomic E-state index is 0.397. The molecule has 122 valence electrons. The van der Waals surface area contributed by atoms with Crippen molar-refractivity contribution in [1.29, 1.82) is 0 Å². The second-order valence-corrected chi connectivity index (χ2v) is 7.13. The molecule has 1 N–H and O–H groups in total. The largest absolute Gasteiger partial charge is 0.343 e. The molecule has 0 aromatic carbocycles. The number of amides is 1. The highest BCUT2D eigenvalue weighted by Gasteiger charge is 2.27. The lowest BCUT2D eigenvalue weighted by Crippen LogP contribution is -2.43. The molecular formula is C18H34N2O. The van der Waals surface area contributed by atoms with Crippen molar-refractivity contribution in [2.75, 3.05) is 13.6 Å². The molecule has 0 unspecified atom stereocenters. The predicted octanol–water partition coefficient (Wildman–Crippen LogP) is 3.73. The van der Waals surface area contributed by atoms with Crippen LogP contribution < -0.4 is 5.32 Å². The van der Waals surface area contributed by atoms with Crippen LogP contribution in [0.1, 0.15) is 77.6 Å². The van der Waals surface area contributed by atoms with Crippen LogP contribution in [0.5, 0.6) is 0 Å². The lowest BCUT2D eigenvalue weighted by molar-refractivity contribution is -0.133. The minimum Gasteiger partial charge on any atom is -0.343 e. The van der Waals surface area contributed by atoms with Gasteiger partial charge in [-0.1, -0.05) is 32.6 Å². The third-order valence-electron chi connectivity index (χ3n) is 5.57. The number of hydrogen-bond acceptors (Lipinski definition) is 2. The first-order valence-electron chi connectivity index (χ1n) is 9.19. The van der Waals surface area contributed by atoms with Gasteiger partial charge < -0.3 is 10.2 Å². The molecule has 0 saturated heterocycles. The van der Waals surface area contributed by atoms with Crippen molar-refractivity contribution in [2.24, 2.45) is 5.92 Å². The summed E-state index contributed by atoms with van der Waals surface area (Å²) >= 11 is 0. The van der Waals surface area contributed by atoms with E-state index in [1.165, 1.54) is 64.2 Å². The van der Waals surface area contributed by atoms with Gasteiger partial charge >= 0.3 is 0 Å². The van der Waals surface area contributed by atoms with Crippen LogP contribution in [-0.2, 0) is 4.79 Å². The summed E-state index contributed by atoms with van der Waals surface area (Å²) in [7, 11) is 2.04. The summed E-state index contributed by atoms with van der Waals surface area (Å²) in [4.78, 5) is 14.6. The lowest BCUT2D eigenvalue weighted by atomic mass is 9.89. The maximum Gasteiger partial charge on any atom is 0.222 e. The first kappa shape index (κ1) is 16.8. The Labute approximate surface area is 130 Å². The van der Waals surface area contributed by atoms with Crippen molar-refractivity contribution in [3.05, 3.63) is 0 Å². The Bertz CT molecular complexity index is 302. The molecule has 21 heavy (non-hydrogen) atoms. The average molecular weight is 294 g/mol. The second kappa shape index (κ2) is 8.77. The van der Waals surface area contributed by atoms with Crippen LogP contribution in [0.15, 0.2) is 0 Å². The van der Waals surface area contributed by atoms with Gasteiger partial charge in [0.2, 0.25) is 5.91 Å². The topological polar surface area (TPSA) is 32.3 Å². The summed E-state index contributed by atoms with van der Waals surface area (Å²) in [6.45, 7) is 3.24. The lowest BCUT2D eigenvalue weighted by Gasteiger charge is -2.35. The molecule has 0 radical (unpaired) electrons. The number of hydrogen-bond donors (Lipinski definition) is 1. The molecule has 2 saturated carbocycles. The van der Waals surface area contributed by atoms with Crippen molar-refractivity contribution >= 4 is 5.91 Å². The van der Waals surface area contributed by atoms with Gasteiger partial charge in [-0.2, -0.15) is 0 Å². The molecule has 3 heteroatoms. The number of carbonyl (C=O) groups excluding carboxylic acids is 1. The highest BCUT2D eigenvalue weighted by atomic mass is 16.2. The minimum absolute atomic E-state index is 0.397. The summed E-state index contributed by atoms with van der Waals surface area (Å²) in [6.07, 6.45) is 13.5. The highest BCUT2D eigenvalue weighted by Crippen LogP contribution is 2.28. The fraction of sp³-hybridized carbons (Fsp3) is 0.944. The van der Waals surface area contributed by atoms with Crippen molar-refractivity contribution in [1.82, 2.24) is 10.2 Å². The van der Waals surface area contributed by atoms with Crippen LogP contribution in [0, 0.1) is 5.92 Å². The van der Waals surface area contributed by atoms with Crippen LogP contribution in [0.2, 0.25) is 0 Å². The van der Waals surface area contributed by atoms with E-state index in [0.29, 0.717) is 23.9 Å². The maximum absolute atomic E-state index is 12.5. The van der Waals surface area contributed by atoms with Crippen LogP contribution in [-0.4, -0.2) is 36.5 Å². The van der Waals surface area contributed by atoms with Crippen molar-refractivity contribution in [3.8, 4) is 0 Å². The maximum atomic E-state index is 12.5. The SMILES string of the molecule is CCNC1CCC(N(C)C(=O)CC2CCCCCC2)CC1. The smallest absolute Gasteiger partial charge is 0.222 e. The Morgan fingerprint density at radius 2 is 1.62 bits per heavy atom. The molecular weight excluding hydrogens is 260 g/mol. The Kier molecular flexibility index (Phi) is 7.01. The van der Waals surface area contributed by atoms with Crippen LogP contribution >= 0.6 is 0 Å². The molecule has 0 spiro atoms. The van der Waals surface area contributed by atoms with Crippen molar-refractivity contribution in [3.63, 3.8) is 0 Å². The summed E-state index contributed by atoms with van der Waals surface area (Å²) < 4.78 is 0. The Morgan fingerprint density at radius 1 is 1.00 bits per heavy atom. The first-order valence-corrected chi connectivity index (χ1v) is 9.19. The number of nitrogens with zero attached hydrogens (tertiary/aromatic N) is 1. The normalized spacial score (nSPS) is 28.1. The van der Waals surface area contributed by atoms with Crippen molar-refractivity contribution in [2.45, 2.75) is 89.6 Å². The number of nitrogens with one attached hydrogen (secondary N) is 1. The van der Waals surface area contributed by atoms with Gasteiger partial charge in [-0.15, -0.1) is 0 Å². The van der Waals surface area contributed by atoms with Crippen LogP contribution in [0.25, 0.3) is 0 Å². The van der Waals surface area contributed by atoms with E-state index < -0.39 is 0 Å². The van der Waals surface area contributed by atoms with E-state index in [-0.39, 0.29) is 0 Å². The van der Waals surface area contributed by atoms with Gasteiger partial charge in [0.1, 0.15) is 0 Å². The van der Waals surface area contributed by atoms with Gasteiger partial charge in [-0.05, 0) is 51.0 Å². The third kappa shape index (κ3) is 5.28. The Hall–Kier alpha value is -0.570. The molecule has 0 atom stereocenters. The standard InChI is InChI=1S/C18H34N2O/c1-3-19-16-10-12-17(13-11-16)20(2)18(21)14-15-8-6-4-5-7-9-15/h15-17,19H,3-14H2,1-2H3. The molecule has 2 aliphatic rings. The quantitative estimate of drug-likeness (QED) is 0.784. The van der Waals surface area contributed by atoms with Crippen LogP contribution in [0.4, 0.5) is 0 Å². The molecule has 0 aromatic rings. The fourth-order valence-electron chi connectivity index (χ4n) is 4.12. The summed E-state index contributed by atoms with van der Waals surface area (Å²) in [5.74, 6) is 1.05. The Balaban J connectivity index is 1.74. The second-order valence-electron chi connectivity index (χ2n) is 7.13. The predicted molar refractivity (Wildman–Crippen MR) is 88.3 cm³/mol. The van der Waals surface area contributed by atoms with E-state index in [1.54, 1.807) is 0 Å². The number of carbonyl (C=O) groups is 1. The molecule has 0 heterocycles.